The average molecular weight is 180 g/mol. The van der Waals surface area contributed by atoms with E-state index >= 15 is 0 Å². The first-order chi connectivity index (χ1) is 5.62. The van der Waals surface area contributed by atoms with Crippen LogP contribution in [0.2, 0.25) is 0 Å². The first kappa shape index (κ1) is 14.3. The van der Waals surface area contributed by atoms with E-state index in [-0.39, 0.29) is 20.2 Å². The maximum Gasteiger partial charge on any atom is 0.0971 e. The number of hydrogen-bond donors (Lipinski definition) is 3. The lowest BCUT2D eigenvalue weighted by atomic mass is 10.7. The first-order valence-corrected chi connectivity index (χ1v) is 3.82. The molecule has 0 aliphatic heterocycles. The van der Waals surface area contributed by atoms with Crippen LogP contribution >= 0.6 is 0 Å². The monoisotopic (exact) mass is 180 g/mol. The van der Waals surface area contributed by atoms with Crippen molar-refractivity contribution in [1.82, 2.24) is 9.80 Å². The summed E-state index contributed by atoms with van der Waals surface area (Å²) >= 11 is 0. The number of nitrogens with zero attached hydrogens (tertiary/aromatic N) is 2. The molecule has 5 heteroatoms. The fraction of sp³-hybridized carbons (Fsp3) is 1.00. The highest BCUT2D eigenvalue weighted by Gasteiger charge is 1.84. The first-order valence-electron chi connectivity index (χ1n) is 3.82. The van der Waals surface area contributed by atoms with Crippen molar-refractivity contribution < 1.29 is 15.3 Å². The van der Waals surface area contributed by atoms with Crippen LogP contribution in [0.4, 0.5) is 0 Å². The Morgan fingerprint density at radius 1 is 0.833 bits per heavy atom. The van der Waals surface area contributed by atoms with E-state index < -0.39 is 0 Å². The number of aliphatic hydroxyl groups is 3. The number of rotatable bonds is 4. The molecule has 0 aromatic carbocycles. The van der Waals surface area contributed by atoms with Crippen LogP contribution in [0.15, 0.2) is 0 Å². The number of hydrogen-bond acceptors (Lipinski definition) is 5. The van der Waals surface area contributed by atoms with Gasteiger partial charge in [-0.1, -0.05) is 6.92 Å². The normalized spacial score (nSPS) is 10.0. The van der Waals surface area contributed by atoms with Crippen LogP contribution in [0, 0.1) is 0 Å². The van der Waals surface area contributed by atoms with Crippen molar-refractivity contribution in [3.05, 3.63) is 0 Å². The maximum atomic E-state index is 8.26. The summed E-state index contributed by atoms with van der Waals surface area (Å²) in [5, 5.41) is 24.5. The highest BCUT2D eigenvalue weighted by atomic mass is 16.3. The van der Waals surface area contributed by atoms with Gasteiger partial charge in [0, 0.05) is 0 Å². The molecule has 0 heterocycles. The summed E-state index contributed by atoms with van der Waals surface area (Å²) in [5.74, 6) is 0. The lowest BCUT2D eigenvalue weighted by Gasteiger charge is -2.06. The minimum absolute atomic E-state index is 0.0868. The Bertz CT molecular complexity index is 65.1. The molecule has 76 valence electrons. The van der Waals surface area contributed by atoms with Gasteiger partial charge in [-0.15, -0.1) is 0 Å². The molecule has 0 fully saturated rings. The Kier molecular flexibility index (Phi) is 12.9. The zero-order chi connectivity index (χ0) is 9.98. The molecule has 0 unspecified atom stereocenters. The lowest BCUT2D eigenvalue weighted by Crippen LogP contribution is -2.19. The van der Waals surface area contributed by atoms with Gasteiger partial charge in [0.2, 0.25) is 0 Å². The van der Waals surface area contributed by atoms with Crippen LogP contribution in [-0.2, 0) is 0 Å². The quantitative estimate of drug-likeness (QED) is 0.470. The van der Waals surface area contributed by atoms with E-state index in [2.05, 4.69) is 0 Å². The van der Waals surface area contributed by atoms with E-state index in [0.29, 0.717) is 0 Å². The van der Waals surface area contributed by atoms with Crippen LogP contribution in [0.1, 0.15) is 6.92 Å². The average Bonchev–Trinajstić information content (AvgIpc) is 2.16. The van der Waals surface area contributed by atoms with Gasteiger partial charge >= 0.3 is 0 Å². The molecule has 0 atom stereocenters. The van der Waals surface area contributed by atoms with Gasteiger partial charge in [-0.3, -0.25) is 9.80 Å². The summed E-state index contributed by atoms with van der Waals surface area (Å²) in [7, 11) is 3.47. The SMILES string of the molecule is CCN(C)CO.CN(CO)CO. The Morgan fingerprint density at radius 3 is 1.17 bits per heavy atom. The van der Waals surface area contributed by atoms with Gasteiger partial charge in [-0.25, -0.2) is 0 Å². The highest BCUT2D eigenvalue weighted by Crippen LogP contribution is 1.71. The van der Waals surface area contributed by atoms with Gasteiger partial charge < -0.3 is 15.3 Å². The molecule has 0 rings (SSSR count). The molecule has 3 N–H and O–H groups in total. The molecule has 0 aromatic heterocycles. The van der Waals surface area contributed by atoms with E-state index in [0.717, 1.165) is 6.54 Å². The predicted molar refractivity (Wildman–Crippen MR) is 47.3 cm³/mol. The molecule has 0 saturated heterocycles. The van der Waals surface area contributed by atoms with Crippen LogP contribution < -0.4 is 0 Å². The maximum absolute atomic E-state index is 8.26. The fourth-order valence-electron chi connectivity index (χ4n) is 0.145. The number of aliphatic hydroxyl groups excluding tert-OH is 3. The zero-order valence-electron chi connectivity index (χ0n) is 8.06. The van der Waals surface area contributed by atoms with Gasteiger partial charge in [0.25, 0.3) is 0 Å². The largest absolute Gasteiger partial charge is 0.381 e. The van der Waals surface area contributed by atoms with Crippen LogP contribution in [0.25, 0.3) is 0 Å². The second-order valence-corrected chi connectivity index (χ2v) is 2.45. The molecule has 5 nitrogen and oxygen atoms in total. The van der Waals surface area contributed by atoms with E-state index in [1.165, 1.54) is 4.90 Å². The van der Waals surface area contributed by atoms with E-state index in [1.807, 2.05) is 14.0 Å². The van der Waals surface area contributed by atoms with Crippen molar-refractivity contribution in [3.8, 4) is 0 Å². The summed E-state index contributed by atoms with van der Waals surface area (Å²) in [6, 6.07) is 0. The summed E-state index contributed by atoms with van der Waals surface area (Å²) in [5.41, 5.74) is 0. The van der Waals surface area contributed by atoms with Crippen LogP contribution in [-0.4, -0.2) is 66.0 Å². The third kappa shape index (κ3) is 12.5. The van der Waals surface area contributed by atoms with E-state index in [4.69, 9.17) is 15.3 Å². The van der Waals surface area contributed by atoms with Gasteiger partial charge in [-0.2, -0.15) is 0 Å². The van der Waals surface area contributed by atoms with Crippen molar-refractivity contribution >= 4 is 0 Å². The fourth-order valence-corrected chi connectivity index (χ4v) is 0.145. The summed E-state index contributed by atoms with van der Waals surface area (Å²) in [6.07, 6.45) is 0. The second kappa shape index (κ2) is 10.8. The van der Waals surface area contributed by atoms with E-state index in [1.54, 1.807) is 11.9 Å². The molecule has 0 aliphatic rings. The smallest absolute Gasteiger partial charge is 0.0971 e. The Labute approximate surface area is 73.8 Å². The topological polar surface area (TPSA) is 67.2 Å². The van der Waals surface area contributed by atoms with Gasteiger partial charge in [0.05, 0.1) is 20.2 Å². The third-order valence-corrected chi connectivity index (χ3v) is 1.26. The van der Waals surface area contributed by atoms with Crippen molar-refractivity contribution in [2.75, 3.05) is 40.8 Å². The Balaban J connectivity index is 0. The van der Waals surface area contributed by atoms with Crippen molar-refractivity contribution in [2.45, 2.75) is 6.92 Å². The standard InChI is InChI=1S/C4H11NO.C3H9NO2/c1-3-5(2)4-6;1-4(2-5)3-6/h6H,3-4H2,1-2H3;5-6H,2-3H2,1H3. The molecule has 0 radical (unpaired) electrons. The molecular weight excluding hydrogens is 160 g/mol. The predicted octanol–water partition coefficient (Wildman–Crippen LogP) is -1.29. The van der Waals surface area contributed by atoms with Crippen LogP contribution in [0.5, 0.6) is 0 Å². The molecule has 0 aliphatic carbocycles. The lowest BCUT2D eigenvalue weighted by molar-refractivity contribution is 0.0512. The van der Waals surface area contributed by atoms with E-state index in [9.17, 15) is 0 Å². The molecule has 0 spiro atoms. The van der Waals surface area contributed by atoms with Gasteiger partial charge in [0.15, 0.2) is 0 Å². The Hall–Kier alpha value is -0.200. The van der Waals surface area contributed by atoms with Gasteiger partial charge in [-0.05, 0) is 20.6 Å². The van der Waals surface area contributed by atoms with Crippen molar-refractivity contribution in [2.24, 2.45) is 0 Å². The van der Waals surface area contributed by atoms with Crippen molar-refractivity contribution in [1.29, 1.82) is 0 Å². The van der Waals surface area contributed by atoms with Crippen molar-refractivity contribution in [3.63, 3.8) is 0 Å². The Morgan fingerprint density at radius 2 is 1.17 bits per heavy atom. The molecule has 0 saturated carbocycles. The minimum atomic E-state index is -0.0868. The minimum Gasteiger partial charge on any atom is -0.381 e. The summed E-state index contributed by atoms with van der Waals surface area (Å²) < 4.78 is 0. The summed E-state index contributed by atoms with van der Waals surface area (Å²) in [4.78, 5) is 3.17. The summed E-state index contributed by atoms with van der Waals surface area (Å²) in [6.45, 7) is 2.90. The molecular formula is C7H20N2O3. The highest BCUT2D eigenvalue weighted by molar-refractivity contribution is 4.30. The molecule has 12 heavy (non-hydrogen) atoms. The zero-order valence-corrected chi connectivity index (χ0v) is 8.06. The molecule has 0 amide bonds. The van der Waals surface area contributed by atoms with Gasteiger partial charge in [0.1, 0.15) is 0 Å². The third-order valence-electron chi connectivity index (χ3n) is 1.26. The molecule has 0 bridgehead atoms. The van der Waals surface area contributed by atoms with Crippen LogP contribution in [0.3, 0.4) is 0 Å². The second-order valence-electron chi connectivity index (χ2n) is 2.45. The molecule has 0 aromatic rings.